The third-order valence-electron chi connectivity index (χ3n) is 1.90. The molecule has 0 fully saturated rings. The van der Waals surface area contributed by atoms with Crippen LogP contribution in [-0.2, 0) is 0 Å². The maximum atomic E-state index is 7.47. The summed E-state index contributed by atoms with van der Waals surface area (Å²) in [5.41, 5.74) is 5.73. The normalized spacial score (nSPS) is 11.0. The minimum atomic E-state index is -0.337. The molecule has 0 saturated heterocycles. The molecule has 16 heavy (non-hydrogen) atoms. The first-order valence-electron chi connectivity index (χ1n) is 5.05. The standard InChI is InChI=1S/C12H18N2O2/c1-12(2,3)16-10-7-8(15-4)5-6-9(10)11(13)14/h5-7H,1-4H3,(H3,13,14). The number of nitrogen functional groups attached to an aromatic ring is 1. The Bertz CT molecular complexity index is 394. The Morgan fingerprint density at radius 1 is 1.31 bits per heavy atom. The number of benzene rings is 1. The third kappa shape index (κ3) is 3.15. The zero-order valence-electron chi connectivity index (χ0n) is 10.1. The molecule has 0 unspecified atom stereocenters. The van der Waals surface area contributed by atoms with Crippen molar-refractivity contribution in [2.24, 2.45) is 5.73 Å². The lowest BCUT2D eigenvalue weighted by Crippen LogP contribution is -2.25. The van der Waals surface area contributed by atoms with Gasteiger partial charge in [-0.2, -0.15) is 0 Å². The first kappa shape index (κ1) is 12.4. The van der Waals surface area contributed by atoms with Crippen LogP contribution in [0.1, 0.15) is 26.3 Å². The molecule has 0 saturated carbocycles. The molecule has 0 heterocycles. The molecule has 1 aromatic carbocycles. The maximum Gasteiger partial charge on any atom is 0.134 e. The molecule has 1 rings (SSSR count). The zero-order valence-corrected chi connectivity index (χ0v) is 10.1. The van der Waals surface area contributed by atoms with Gasteiger partial charge in [0.15, 0.2) is 0 Å². The Morgan fingerprint density at radius 2 is 1.94 bits per heavy atom. The molecule has 0 radical (unpaired) electrons. The number of amidine groups is 1. The lowest BCUT2D eigenvalue weighted by atomic mass is 10.1. The quantitative estimate of drug-likeness (QED) is 0.608. The highest BCUT2D eigenvalue weighted by Gasteiger charge is 2.16. The largest absolute Gasteiger partial charge is 0.497 e. The van der Waals surface area contributed by atoms with Crippen LogP contribution < -0.4 is 15.2 Å². The second-order valence-corrected chi connectivity index (χ2v) is 4.49. The Morgan fingerprint density at radius 3 is 2.38 bits per heavy atom. The lowest BCUT2D eigenvalue weighted by Gasteiger charge is -2.23. The molecule has 3 N–H and O–H groups in total. The van der Waals surface area contributed by atoms with E-state index in [0.717, 1.165) is 0 Å². The number of hydrogen-bond acceptors (Lipinski definition) is 3. The fourth-order valence-corrected chi connectivity index (χ4v) is 1.27. The van der Waals surface area contributed by atoms with Crippen molar-refractivity contribution in [2.45, 2.75) is 26.4 Å². The average Bonchev–Trinajstić information content (AvgIpc) is 2.14. The molecule has 4 heteroatoms. The molecule has 0 bridgehead atoms. The third-order valence-corrected chi connectivity index (χ3v) is 1.90. The van der Waals surface area contributed by atoms with E-state index in [0.29, 0.717) is 17.1 Å². The van der Waals surface area contributed by atoms with E-state index in [1.165, 1.54) is 0 Å². The van der Waals surface area contributed by atoms with Gasteiger partial charge in [0.1, 0.15) is 22.9 Å². The smallest absolute Gasteiger partial charge is 0.134 e. The van der Waals surface area contributed by atoms with E-state index in [1.54, 1.807) is 25.3 Å². The van der Waals surface area contributed by atoms with Gasteiger partial charge in [0.2, 0.25) is 0 Å². The number of hydrogen-bond donors (Lipinski definition) is 2. The molecule has 0 aliphatic rings. The summed E-state index contributed by atoms with van der Waals surface area (Å²) in [6.45, 7) is 5.82. The number of methoxy groups -OCH3 is 1. The SMILES string of the molecule is COc1ccc(C(=N)N)c(OC(C)(C)C)c1. The molecule has 0 aliphatic heterocycles. The Labute approximate surface area is 95.9 Å². The van der Waals surface area contributed by atoms with E-state index in [2.05, 4.69) is 0 Å². The van der Waals surface area contributed by atoms with Gasteiger partial charge in [0.05, 0.1) is 12.7 Å². The Kier molecular flexibility index (Phi) is 3.42. The summed E-state index contributed by atoms with van der Waals surface area (Å²) < 4.78 is 10.8. The molecule has 0 aliphatic carbocycles. The van der Waals surface area contributed by atoms with Gasteiger partial charge in [0, 0.05) is 6.07 Å². The van der Waals surface area contributed by atoms with Gasteiger partial charge in [-0.3, -0.25) is 5.41 Å². The van der Waals surface area contributed by atoms with Crippen LogP contribution >= 0.6 is 0 Å². The van der Waals surface area contributed by atoms with Gasteiger partial charge < -0.3 is 15.2 Å². The Hall–Kier alpha value is -1.71. The monoisotopic (exact) mass is 222 g/mol. The highest BCUT2D eigenvalue weighted by atomic mass is 16.5. The fraction of sp³-hybridized carbons (Fsp3) is 0.417. The van der Waals surface area contributed by atoms with Crippen molar-refractivity contribution in [2.75, 3.05) is 7.11 Å². The maximum absolute atomic E-state index is 7.47. The minimum absolute atomic E-state index is 0.0121. The van der Waals surface area contributed by atoms with E-state index in [4.69, 9.17) is 20.6 Å². The van der Waals surface area contributed by atoms with E-state index in [9.17, 15) is 0 Å². The molecular weight excluding hydrogens is 204 g/mol. The van der Waals surface area contributed by atoms with E-state index >= 15 is 0 Å². The van der Waals surface area contributed by atoms with Crippen molar-refractivity contribution in [1.29, 1.82) is 5.41 Å². The summed E-state index contributed by atoms with van der Waals surface area (Å²) in [6, 6.07) is 5.22. The second kappa shape index (κ2) is 4.43. The molecular formula is C12H18N2O2. The lowest BCUT2D eigenvalue weighted by molar-refractivity contribution is 0.130. The van der Waals surface area contributed by atoms with Crippen LogP contribution in [0.3, 0.4) is 0 Å². The number of nitrogens with two attached hydrogens (primary N) is 1. The van der Waals surface area contributed by atoms with Crippen LogP contribution in [0.5, 0.6) is 11.5 Å². The van der Waals surface area contributed by atoms with Gasteiger partial charge in [-0.1, -0.05) is 0 Å². The number of nitrogens with one attached hydrogen (secondary N) is 1. The van der Waals surface area contributed by atoms with Crippen molar-refractivity contribution in [3.8, 4) is 11.5 Å². The summed E-state index contributed by atoms with van der Waals surface area (Å²) in [5.74, 6) is 1.24. The fourth-order valence-electron chi connectivity index (χ4n) is 1.27. The van der Waals surface area contributed by atoms with Gasteiger partial charge in [-0.05, 0) is 32.9 Å². The van der Waals surface area contributed by atoms with E-state index in [-0.39, 0.29) is 11.4 Å². The summed E-state index contributed by atoms with van der Waals surface area (Å²) in [5, 5.41) is 7.47. The van der Waals surface area contributed by atoms with Gasteiger partial charge in [0.25, 0.3) is 0 Å². The van der Waals surface area contributed by atoms with Crippen LogP contribution in [0.2, 0.25) is 0 Å². The molecule has 88 valence electrons. The van der Waals surface area contributed by atoms with Gasteiger partial charge in [-0.15, -0.1) is 0 Å². The molecule has 0 atom stereocenters. The van der Waals surface area contributed by atoms with E-state index in [1.807, 2.05) is 20.8 Å². The highest BCUT2D eigenvalue weighted by molar-refractivity contribution is 5.97. The van der Waals surface area contributed by atoms with Crippen LogP contribution in [0.4, 0.5) is 0 Å². The molecule has 0 spiro atoms. The molecule has 0 amide bonds. The van der Waals surface area contributed by atoms with Crippen LogP contribution in [-0.4, -0.2) is 18.5 Å². The van der Waals surface area contributed by atoms with Crippen molar-refractivity contribution in [3.63, 3.8) is 0 Å². The minimum Gasteiger partial charge on any atom is -0.497 e. The van der Waals surface area contributed by atoms with Gasteiger partial charge >= 0.3 is 0 Å². The topological polar surface area (TPSA) is 68.3 Å². The molecule has 0 aromatic heterocycles. The van der Waals surface area contributed by atoms with Crippen LogP contribution in [0, 0.1) is 5.41 Å². The van der Waals surface area contributed by atoms with E-state index < -0.39 is 0 Å². The van der Waals surface area contributed by atoms with Crippen molar-refractivity contribution >= 4 is 5.84 Å². The molecule has 1 aromatic rings. The van der Waals surface area contributed by atoms with Crippen LogP contribution in [0.15, 0.2) is 18.2 Å². The summed E-state index contributed by atoms with van der Waals surface area (Å²) in [7, 11) is 1.59. The van der Waals surface area contributed by atoms with Crippen molar-refractivity contribution < 1.29 is 9.47 Å². The first-order valence-corrected chi connectivity index (χ1v) is 5.05. The predicted molar refractivity (Wildman–Crippen MR) is 64.4 cm³/mol. The summed E-state index contributed by atoms with van der Waals surface area (Å²) in [4.78, 5) is 0. The van der Waals surface area contributed by atoms with Crippen LogP contribution in [0.25, 0.3) is 0 Å². The number of rotatable bonds is 3. The summed E-state index contributed by atoms with van der Waals surface area (Å²) in [6.07, 6.45) is 0. The van der Waals surface area contributed by atoms with Crippen molar-refractivity contribution in [1.82, 2.24) is 0 Å². The number of ether oxygens (including phenoxy) is 2. The van der Waals surface area contributed by atoms with Gasteiger partial charge in [-0.25, -0.2) is 0 Å². The Balaban J connectivity index is 3.15. The summed E-state index contributed by atoms with van der Waals surface area (Å²) >= 11 is 0. The zero-order chi connectivity index (χ0) is 12.3. The predicted octanol–water partition coefficient (Wildman–Crippen LogP) is 2.16. The highest BCUT2D eigenvalue weighted by Crippen LogP contribution is 2.27. The molecule has 4 nitrogen and oxygen atoms in total. The first-order chi connectivity index (χ1) is 7.33. The van der Waals surface area contributed by atoms with Crippen molar-refractivity contribution in [3.05, 3.63) is 23.8 Å². The second-order valence-electron chi connectivity index (χ2n) is 4.49. The average molecular weight is 222 g/mol.